The van der Waals surface area contributed by atoms with E-state index in [1.54, 1.807) is 0 Å². The molecule has 1 atom stereocenters. The number of rotatable bonds is 6. The van der Waals surface area contributed by atoms with Gasteiger partial charge in [-0.15, -0.1) is 18.3 Å². The number of aryl methyl sites for hydroxylation is 1. The van der Waals surface area contributed by atoms with E-state index in [1.165, 1.54) is 17.0 Å². The van der Waals surface area contributed by atoms with E-state index in [2.05, 4.69) is 20.3 Å². The lowest BCUT2D eigenvalue weighted by Crippen LogP contribution is -2.24. The molecule has 8 nitrogen and oxygen atoms in total. The van der Waals surface area contributed by atoms with Crippen LogP contribution in [0.15, 0.2) is 52.9 Å². The molecule has 2 heterocycles. The minimum absolute atomic E-state index is 0.0679. The standard InChI is InChI=1S/C22H19F3N4O4/c1-13-2-4-14(5-3-13)10-18(30)26-21-28-27-20(32-21)15-11-19(31)29(12-15)16-6-8-17(9-7-16)33-22(23,24)25/h2-9,15H,10-12H2,1H3,(H,26,28,30)/t15-/m0/s1. The molecule has 1 aliphatic rings. The molecule has 1 fully saturated rings. The topological polar surface area (TPSA) is 97.6 Å². The fourth-order valence-corrected chi connectivity index (χ4v) is 3.46. The first-order valence-corrected chi connectivity index (χ1v) is 10.0. The number of aromatic nitrogens is 2. The molecule has 0 radical (unpaired) electrons. The molecule has 2 amide bonds. The normalized spacial score (nSPS) is 16.2. The minimum Gasteiger partial charge on any atom is -0.407 e. The van der Waals surface area contributed by atoms with Crippen molar-refractivity contribution in [3.8, 4) is 5.75 Å². The second-order valence-electron chi connectivity index (χ2n) is 7.60. The van der Waals surface area contributed by atoms with Crippen LogP contribution < -0.4 is 15.0 Å². The van der Waals surface area contributed by atoms with Gasteiger partial charge in [-0.1, -0.05) is 34.9 Å². The van der Waals surface area contributed by atoms with Crippen LogP contribution in [-0.2, 0) is 16.0 Å². The van der Waals surface area contributed by atoms with Crippen molar-refractivity contribution in [2.45, 2.75) is 32.0 Å². The Morgan fingerprint density at radius 2 is 1.85 bits per heavy atom. The number of hydrogen-bond acceptors (Lipinski definition) is 6. The number of amides is 2. The van der Waals surface area contributed by atoms with Crippen LogP contribution in [0.3, 0.4) is 0 Å². The van der Waals surface area contributed by atoms with E-state index >= 15 is 0 Å². The predicted octanol–water partition coefficient (Wildman–Crippen LogP) is 3.98. The average molecular weight is 460 g/mol. The zero-order chi connectivity index (χ0) is 23.6. The van der Waals surface area contributed by atoms with Crippen molar-refractivity contribution < 1.29 is 31.9 Å². The second-order valence-corrected chi connectivity index (χ2v) is 7.60. The molecule has 2 aromatic carbocycles. The molecule has 4 rings (SSSR count). The lowest BCUT2D eigenvalue weighted by atomic mass is 10.1. The average Bonchev–Trinajstić information content (AvgIpc) is 3.36. The highest BCUT2D eigenvalue weighted by molar-refractivity contribution is 5.96. The van der Waals surface area contributed by atoms with Crippen molar-refractivity contribution in [3.05, 3.63) is 65.5 Å². The lowest BCUT2D eigenvalue weighted by Gasteiger charge is -2.17. The molecule has 1 aliphatic heterocycles. The zero-order valence-electron chi connectivity index (χ0n) is 17.4. The molecule has 0 aliphatic carbocycles. The maximum atomic E-state index is 12.4. The number of ether oxygens (including phenoxy) is 1. The largest absolute Gasteiger partial charge is 0.573 e. The van der Waals surface area contributed by atoms with E-state index in [9.17, 15) is 22.8 Å². The van der Waals surface area contributed by atoms with E-state index in [4.69, 9.17) is 4.42 Å². The molecule has 1 aromatic heterocycles. The summed E-state index contributed by atoms with van der Waals surface area (Å²) in [4.78, 5) is 26.1. The van der Waals surface area contributed by atoms with Crippen LogP contribution in [-0.4, -0.2) is 34.9 Å². The summed E-state index contributed by atoms with van der Waals surface area (Å²) in [5.74, 6) is -1.17. The molecular weight excluding hydrogens is 441 g/mol. The van der Waals surface area contributed by atoms with Crippen LogP contribution in [0.5, 0.6) is 5.75 Å². The number of carbonyl (C=O) groups is 2. The Bertz CT molecular complexity index is 1140. The zero-order valence-corrected chi connectivity index (χ0v) is 17.4. The molecule has 0 spiro atoms. The van der Waals surface area contributed by atoms with Crippen LogP contribution in [0.4, 0.5) is 24.9 Å². The van der Waals surface area contributed by atoms with Gasteiger partial charge in [0.1, 0.15) is 5.75 Å². The summed E-state index contributed by atoms with van der Waals surface area (Å²) in [5.41, 5.74) is 2.34. The molecule has 0 bridgehead atoms. The van der Waals surface area contributed by atoms with Gasteiger partial charge in [0.15, 0.2) is 0 Å². The van der Waals surface area contributed by atoms with Crippen molar-refractivity contribution in [3.63, 3.8) is 0 Å². The SMILES string of the molecule is Cc1ccc(CC(=O)Nc2nnc([C@H]3CC(=O)N(c4ccc(OC(F)(F)F)cc4)C3)o2)cc1. The number of alkyl halides is 3. The highest BCUT2D eigenvalue weighted by atomic mass is 19.4. The van der Waals surface area contributed by atoms with Crippen molar-refractivity contribution in [1.82, 2.24) is 10.2 Å². The van der Waals surface area contributed by atoms with Crippen LogP contribution in [0.25, 0.3) is 0 Å². The quantitative estimate of drug-likeness (QED) is 0.598. The summed E-state index contributed by atoms with van der Waals surface area (Å²) in [6, 6.07) is 12.5. The predicted molar refractivity (Wildman–Crippen MR) is 111 cm³/mol. The Morgan fingerprint density at radius 1 is 1.15 bits per heavy atom. The monoisotopic (exact) mass is 460 g/mol. The van der Waals surface area contributed by atoms with Crippen LogP contribution in [0, 0.1) is 6.92 Å². The number of benzene rings is 2. The second kappa shape index (κ2) is 8.93. The summed E-state index contributed by atoms with van der Waals surface area (Å²) in [6.45, 7) is 2.16. The Balaban J connectivity index is 1.36. The Kier molecular flexibility index (Phi) is 6.03. The fourth-order valence-electron chi connectivity index (χ4n) is 3.46. The molecule has 3 aromatic rings. The van der Waals surface area contributed by atoms with E-state index in [-0.39, 0.29) is 48.9 Å². The summed E-state index contributed by atoms with van der Waals surface area (Å²) in [6.07, 6.45) is -4.57. The Labute approximate surface area is 186 Å². The first-order chi connectivity index (χ1) is 15.7. The molecule has 1 N–H and O–H groups in total. The molecule has 33 heavy (non-hydrogen) atoms. The van der Waals surface area contributed by atoms with Gasteiger partial charge in [-0.25, -0.2) is 0 Å². The van der Waals surface area contributed by atoms with Crippen LogP contribution in [0.1, 0.15) is 29.4 Å². The molecular formula is C22H19F3N4O4. The van der Waals surface area contributed by atoms with Gasteiger partial charge in [-0.05, 0) is 36.8 Å². The molecule has 172 valence electrons. The molecule has 11 heteroatoms. The summed E-state index contributed by atoms with van der Waals surface area (Å²) in [5, 5.41) is 10.3. The first-order valence-electron chi connectivity index (χ1n) is 10.0. The lowest BCUT2D eigenvalue weighted by molar-refractivity contribution is -0.274. The van der Waals surface area contributed by atoms with Gasteiger partial charge in [0.25, 0.3) is 0 Å². The molecule has 0 unspecified atom stereocenters. The van der Waals surface area contributed by atoms with Gasteiger partial charge in [0.2, 0.25) is 17.7 Å². The third-order valence-corrected chi connectivity index (χ3v) is 5.03. The number of hydrogen-bond donors (Lipinski definition) is 1. The highest BCUT2D eigenvalue weighted by Crippen LogP contribution is 2.33. The maximum Gasteiger partial charge on any atom is 0.573 e. The van der Waals surface area contributed by atoms with Crippen molar-refractivity contribution in [2.75, 3.05) is 16.8 Å². The van der Waals surface area contributed by atoms with Gasteiger partial charge in [0.05, 0.1) is 12.3 Å². The van der Waals surface area contributed by atoms with Gasteiger partial charge < -0.3 is 14.1 Å². The van der Waals surface area contributed by atoms with Gasteiger partial charge in [0, 0.05) is 18.7 Å². The fraction of sp³-hybridized carbons (Fsp3) is 0.273. The van der Waals surface area contributed by atoms with Crippen molar-refractivity contribution >= 4 is 23.5 Å². The van der Waals surface area contributed by atoms with Crippen molar-refractivity contribution in [2.24, 2.45) is 0 Å². The number of carbonyl (C=O) groups excluding carboxylic acids is 2. The Morgan fingerprint density at radius 3 is 2.52 bits per heavy atom. The number of anilines is 2. The number of nitrogens with one attached hydrogen (secondary N) is 1. The van der Waals surface area contributed by atoms with Gasteiger partial charge in [-0.2, -0.15) is 0 Å². The summed E-state index contributed by atoms with van der Waals surface area (Å²) < 4.78 is 46.3. The van der Waals surface area contributed by atoms with Crippen LogP contribution in [0.2, 0.25) is 0 Å². The summed E-state index contributed by atoms with van der Waals surface area (Å²) in [7, 11) is 0. The molecule has 1 saturated heterocycles. The maximum absolute atomic E-state index is 12.4. The third-order valence-electron chi connectivity index (χ3n) is 5.03. The minimum atomic E-state index is -4.79. The van der Waals surface area contributed by atoms with E-state index in [0.29, 0.717) is 5.69 Å². The van der Waals surface area contributed by atoms with Crippen molar-refractivity contribution in [1.29, 1.82) is 0 Å². The third kappa shape index (κ3) is 5.68. The van der Waals surface area contributed by atoms with E-state index in [1.807, 2.05) is 31.2 Å². The summed E-state index contributed by atoms with van der Waals surface area (Å²) >= 11 is 0. The van der Waals surface area contributed by atoms with Crippen LogP contribution >= 0.6 is 0 Å². The Hall–Kier alpha value is -3.89. The van der Waals surface area contributed by atoms with E-state index in [0.717, 1.165) is 23.3 Å². The van der Waals surface area contributed by atoms with Gasteiger partial charge in [-0.3, -0.25) is 14.9 Å². The number of halogens is 3. The highest BCUT2D eigenvalue weighted by Gasteiger charge is 2.35. The molecule has 0 saturated carbocycles. The number of nitrogens with zero attached hydrogens (tertiary/aromatic N) is 3. The first kappa shape index (κ1) is 22.3. The van der Waals surface area contributed by atoms with E-state index < -0.39 is 12.3 Å². The smallest absolute Gasteiger partial charge is 0.407 e. The van der Waals surface area contributed by atoms with Gasteiger partial charge >= 0.3 is 12.4 Å².